The maximum Gasteiger partial charge on any atom is 0.564 e. The van der Waals surface area contributed by atoms with Crippen LogP contribution in [0.2, 0.25) is 0 Å². The predicted octanol–water partition coefficient (Wildman–Crippen LogP) is 1.64. The van der Waals surface area contributed by atoms with Gasteiger partial charge in [-0.1, -0.05) is 48.5 Å². The number of fused-ring (bicyclic) bond motifs is 1. The number of amides is 2. The molecule has 0 N–H and O–H groups in total. The zero-order valence-corrected chi connectivity index (χ0v) is 12.3. The Morgan fingerprint density at radius 3 is 2.30 bits per heavy atom. The summed E-state index contributed by atoms with van der Waals surface area (Å²) < 4.78 is 11.9. The molecule has 1 atom stereocenters. The van der Waals surface area contributed by atoms with Gasteiger partial charge in [0.1, 0.15) is 5.75 Å². The SMILES string of the molecule is O=C1CCC(=O)N1C1OB(c2ccccc2)Oc2ccccc21. The van der Waals surface area contributed by atoms with Gasteiger partial charge < -0.3 is 9.31 Å². The van der Waals surface area contributed by atoms with Gasteiger partial charge in [0, 0.05) is 18.4 Å². The average Bonchev–Trinajstić information content (AvgIpc) is 2.93. The van der Waals surface area contributed by atoms with Crippen LogP contribution in [-0.4, -0.2) is 23.8 Å². The van der Waals surface area contributed by atoms with Crippen LogP contribution in [0.4, 0.5) is 0 Å². The van der Waals surface area contributed by atoms with Crippen LogP contribution in [0.5, 0.6) is 5.75 Å². The van der Waals surface area contributed by atoms with Crippen LogP contribution in [0, 0.1) is 0 Å². The molecule has 4 rings (SSSR count). The number of carbonyl (C=O) groups is 2. The molecule has 1 fully saturated rings. The Morgan fingerprint density at radius 2 is 1.57 bits per heavy atom. The smallest absolute Gasteiger partial charge is 0.532 e. The molecular weight excluding hydrogens is 293 g/mol. The summed E-state index contributed by atoms with van der Waals surface area (Å²) in [7, 11) is -0.655. The van der Waals surface area contributed by atoms with Gasteiger partial charge >= 0.3 is 7.12 Å². The van der Waals surface area contributed by atoms with Gasteiger partial charge in [-0.3, -0.25) is 14.5 Å². The second-order valence-electron chi connectivity index (χ2n) is 5.54. The summed E-state index contributed by atoms with van der Waals surface area (Å²) in [5.74, 6) is 0.220. The van der Waals surface area contributed by atoms with Crippen LogP contribution in [0.15, 0.2) is 54.6 Å². The number of imide groups is 1. The highest BCUT2D eigenvalue weighted by molar-refractivity contribution is 6.62. The summed E-state index contributed by atoms with van der Waals surface area (Å²) in [5, 5.41) is 0. The quantitative estimate of drug-likeness (QED) is 0.625. The molecule has 1 saturated heterocycles. The first-order valence-electron chi connectivity index (χ1n) is 7.55. The van der Waals surface area contributed by atoms with Crippen LogP contribution < -0.4 is 10.1 Å². The zero-order chi connectivity index (χ0) is 15.8. The molecule has 2 aromatic rings. The van der Waals surface area contributed by atoms with Crippen LogP contribution >= 0.6 is 0 Å². The molecule has 6 heteroatoms. The van der Waals surface area contributed by atoms with E-state index in [4.69, 9.17) is 9.31 Å². The van der Waals surface area contributed by atoms with Crippen molar-refractivity contribution in [1.82, 2.24) is 4.90 Å². The van der Waals surface area contributed by atoms with Gasteiger partial charge in [0.15, 0.2) is 6.23 Å². The maximum absolute atomic E-state index is 12.1. The Kier molecular flexibility index (Phi) is 3.39. The fourth-order valence-corrected chi connectivity index (χ4v) is 2.94. The van der Waals surface area contributed by atoms with Crippen molar-refractivity contribution in [2.45, 2.75) is 19.1 Å². The molecule has 2 aromatic carbocycles. The second-order valence-corrected chi connectivity index (χ2v) is 5.54. The first-order chi connectivity index (χ1) is 11.2. The summed E-state index contributed by atoms with van der Waals surface area (Å²) in [5.41, 5.74) is 1.54. The van der Waals surface area contributed by atoms with E-state index in [-0.39, 0.29) is 24.7 Å². The summed E-state index contributed by atoms with van der Waals surface area (Å²) in [6, 6.07) is 16.8. The molecule has 0 bridgehead atoms. The fraction of sp³-hybridized carbons (Fsp3) is 0.176. The van der Waals surface area contributed by atoms with E-state index in [9.17, 15) is 9.59 Å². The molecule has 0 aromatic heterocycles. The van der Waals surface area contributed by atoms with Crippen molar-refractivity contribution >= 4 is 24.4 Å². The van der Waals surface area contributed by atoms with E-state index in [0.29, 0.717) is 11.3 Å². The molecule has 2 aliphatic heterocycles. The van der Waals surface area contributed by atoms with Gasteiger partial charge in [0.2, 0.25) is 11.8 Å². The number of benzene rings is 2. The highest BCUT2D eigenvalue weighted by Gasteiger charge is 2.43. The van der Waals surface area contributed by atoms with Crippen molar-refractivity contribution in [2.24, 2.45) is 0 Å². The van der Waals surface area contributed by atoms with E-state index in [2.05, 4.69) is 0 Å². The predicted molar refractivity (Wildman–Crippen MR) is 83.8 cm³/mol. The fourth-order valence-electron chi connectivity index (χ4n) is 2.94. The van der Waals surface area contributed by atoms with Crippen molar-refractivity contribution in [3.05, 3.63) is 60.2 Å². The lowest BCUT2D eigenvalue weighted by Gasteiger charge is -2.35. The molecule has 2 amide bonds. The molecule has 0 aliphatic carbocycles. The number of nitrogens with zero attached hydrogens (tertiary/aromatic N) is 1. The van der Waals surface area contributed by atoms with E-state index in [1.165, 1.54) is 4.90 Å². The molecule has 5 nitrogen and oxygen atoms in total. The molecule has 2 aliphatic rings. The van der Waals surface area contributed by atoms with Gasteiger partial charge in [-0.25, -0.2) is 0 Å². The number of likely N-dealkylation sites (tertiary alicyclic amines) is 1. The standard InChI is InChI=1S/C17H14BNO4/c20-15-10-11-16(21)19(15)17-13-8-4-5-9-14(13)22-18(23-17)12-6-2-1-3-7-12/h1-9,17H,10-11H2. The lowest BCUT2D eigenvalue weighted by molar-refractivity contribution is -0.149. The van der Waals surface area contributed by atoms with Gasteiger partial charge in [0.05, 0.1) is 0 Å². The van der Waals surface area contributed by atoms with Crippen molar-refractivity contribution < 1.29 is 18.9 Å². The van der Waals surface area contributed by atoms with Gasteiger partial charge in [-0.05, 0) is 11.5 Å². The van der Waals surface area contributed by atoms with Crippen LogP contribution in [-0.2, 0) is 14.2 Å². The van der Waals surface area contributed by atoms with E-state index < -0.39 is 13.3 Å². The number of hydrogen-bond acceptors (Lipinski definition) is 4. The summed E-state index contributed by atoms with van der Waals surface area (Å²) in [6.07, 6.45) is -0.275. The van der Waals surface area contributed by atoms with E-state index in [0.717, 1.165) is 5.46 Å². The third-order valence-electron chi connectivity index (χ3n) is 4.07. The Morgan fingerprint density at radius 1 is 0.913 bits per heavy atom. The molecule has 0 spiro atoms. The Hall–Kier alpha value is -2.60. The lowest BCUT2D eigenvalue weighted by Crippen LogP contribution is -2.48. The second kappa shape index (κ2) is 5.55. The topological polar surface area (TPSA) is 55.8 Å². The van der Waals surface area contributed by atoms with Crippen molar-refractivity contribution in [3.8, 4) is 5.75 Å². The number of hydrogen-bond donors (Lipinski definition) is 0. The third kappa shape index (κ3) is 2.41. The first-order valence-corrected chi connectivity index (χ1v) is 7.55. The molecule has 114 valence electrons. The maximum atomic E-state index is 12.1. The summed E-state index contributed by atoms with van der Waals surface area (Å²) >= 11 is 0. The molecule has 23 heavy (non-hydrogen) atoms. The first kappa shape index (κ1) is 14.0. The largest absolute Gasteiger partial charge is 0.564 e. The van der Waals surface area contributed by atoms with Crippen molar-refractivity contribution in [2.75, 3.05) is 0 Å². The third-order valence-corrected chi connectivity index (χ3v) is 4.07. The Bertz CT molecular complexity index is 748. The monoisotopic (exact) mass is 307 g/mol. The van der Waals surface area contributed by atoms with Crippen molar-refractivity contribution in [1.29, 1.82) is 0 Å². The highest BCUT2D eigenvalue weighted by atomic mass is 16.6. The molecule has 0 saturated carbocycles. The van der Waals surface area contributed by atoms with Crippen molar-refractivity contribution in [3.63, 3.8) is 0 Å². The number of carbonyl (C=O) groups excluding carboxylic acids is 2. The zero-order valence-electron chi connectivity index (χ0n) is 12.3. The molecular formula is C17H14BNO4. The minimum Gasteiger partial charge on any atom is -0.532 e. The summed E-state index contributed by atoms with van der Waals surface area (Å²) in [6.45, 7) is 0. The Balaban J connectivity index is 1.75. The van der Waals surface area contributed by atoms with Gasteiger partial charge in [-0.2, -0.15) is 0 Å². The van der Waals surface area contributed by atoms with Crippen LogP contribution in [0.3, 0.4) is 0 Å². The van der Waals surface area contributed by atoms with E-state index in [1.807, 2.05) is 54.6 Å². The normalized spacial score (nSPS) is 20.4. The van der Waals surface area contributed by atoms with Gasteiger partial charge in [-0.15, -0.1) is 0 Å². The average molecular weight is 307 g/mol. The molecule has 0 radical (unpaired) electrons. The number of para-hydroxylation sites is 1. The van der Waals surface area contributed by atoms with Crippen LogP contribution in [0.1, 0.15) is 24.6 Å². The lowest BCUT2D eigenvalue weighted by atomic mass is 9.77. The number of rotatable bonds is 2. The van der Waals surface area contributed by atoms with Crippen LogP contribution in [0.25, 0.3) is 0 Å². The van der Waals surface area contributed by atoms with Gasteiger partial charge in [0.25, 0.3) is 0 Å². The Labute approximate surface area is 134 Å². The minimum atomic E-state index is -0.743. The van der Waals surface area contributed by atoms with E-state index in [1.54, 1.807) is 0 Å². The minimum absolute atomic E-state index is 0.205. The van der Waals surface area contributed by atoms with E-state index >= 15 is 0 Å². The summed E-state index contributed by atoms with van der Waals surface area (Å²) in [4.78, 5) is 25.5. The highest BCUT2D eigenvalue weighted by Crippen LogP contribution is 2.37. The molecule has 1 unspecified atom stereocenters. The molecule has 2 heterocycles.